The lowest BCUT2D eigenvalue weighted by atomic mass is 9.90. The van der Waals surface area contributed by atoms with Gasteiger partial charge in [0.2, 0.25) is 0 Å². The standard InChI is InChI=1S/C12H21N.C10H21N/c1-7(2)11-9(5)12(8(3)4)13-10(11)6;1-7(2)9-5-10(8(3)4)11-6-9/h7-8,13H,1-6H3;7-11H,5-6H2,1-4H3. The average molecular weight is 335 g/mol. The summed E-state index contributed by atoms with van der Waals surface area (Å²) in [5.74, 6) is 3.81. The van der Waals surface area contributed by atoms with Gasteiger partial charge in [-0.3, -0.25) is 0 Å². The van der Waals surface area contributed by atoms with Crippen LogP contribution in [0.15, 0.2) is 0 Å². The fraction of sp³-hybridized carbons (Fsp3) is 0.818. The third-order valence-corrected chi connectivity index (χ3v) is 5.64. The molecule has 0 bridgehead atoms. The van der Waals surface area contributed by atoms with E-state index in [1.807, 2.05) is 0 Å². The van der Waals surface area contributed by atoms with Gasteiger partial charge in [0.25, 0.3) is 0 Å². The van der Waals surface area contributed by atoms with Crippen molar-refractivity contribution < 1.29 is 0 Å². The summed E-state index contributed by atoms with van der Waals surface area (Å²) in [7, 11) is 0. The molecule has 2 unspecified atom stereocenters. The van der Waals surface area contributed by atoms with Gasteiger partial charge in [-0.15, -0.1) is 0 Å². The first-order valence-corrected chi connectivity index (χ1v) is 9.98. The summed E-state index contributed by atoms with van der Waals surface area (Å²) in [6, 6.07) is 0.780. The molecule has 1 aromatic heterocycles. The summed E-state index contributed by atoms with van der Waals surface area (Å²) in [4.78, 5) is 3.49. The zero-order valence-corrected chi connectivity index (χ0v) is 17.9. The Morgan fingerprint density at radius 1 is 0.833 bits per heavy atom. The lowest BCUT2D eigenvalue weighted by Crippen LogP contribution is -2.26. The summed E-state index contributed by atoms with van der Waals surface area (Å²) >= 11 is 0. The third-order valence-electron chi connectivity index (χ3n) is 5.64. The van der Waals surface area contributed by atoms with Gasteiger partial charge in [-0.05, 0) is 67.5 Å². The maximum absolute atomic E-state index is 3.59. The Morgan fingerprint density at radius 2 is 1.42 bits per heavy atom. The van der Waals surface area contributed by atoms with Crippen LogP contribution in [0.25, 0.3) is 0 Å². The molecule has 24 heavy (non-hydrogen) atoms. The highest BCUT2D eigenvalue weighted by Crippen LogP contribution is 2.29. The zero-order valence-electron chi connectivity index (χ0n) is 17.9. The lowest BCUT2D eigenvalue weighted by Gasteiger charge is -2.15. The van der Waals surface area contributed by atoms with E-state index >= 15 is 0 Å². The average Bonchev–Trinajstić information content (AvgIpc) is 3.04. The van der Waals surface area contributed by atoms with Crippen molar-refractivity contribution in [3.05, 3.63) is 22.5 Å². The van der Waals surface area contributed by atoms with E-state index in [4.69, 9.17) is 0 Å². The predicted octanol–water partition coefficient (Wildman–Crippen LogP) is 6.15. The van der Waals surface area contributed by atoms with Gasteiger partial charge in [0.1, 0.15) is 0 Å². The van der Waals surface area contributed by atoms with Crippen LogP contribution < -0.4 is 5.32 Å². The summed E-state index contributed by atoms with van der Waals surface area (Å²) in [6.07, 6.45) is 1.38. The quantitative estimate of drug-likeness (QED) is 0.678. The van der Waals surface area contributed by atoms with Gasteiger partial charge in [-0.1, -0.05) is 55.4 Å². The maximum atomic E-state index is 3.59. The summed E-state index contributed by atoms with van der Waals surface area (Å²) in [5.41, 5.74) is 5.71. The number of rotatable bonds is 4. The molecule has 0 radical (unpaired) electrons. The van der Waals surface area contributed by atoms with Crippen LogP contribution in [0, 0.1) is 31.6 Å². The van der Waals surface area contributed by atoms with Crippen LogP contribution in [0.2, 0.25) is 0 Å². The van der Waals surface area contributed by atoms with Crippen LogP contribution >= 0.6 is 0 Å². The second-order valence-corrected chi connectivity index (χ2v) is 9.01. The molecule has 1 fully saturated rings. The van der Waals surface area contributed by atoms with Crippen molar-refractivity contribution in [1.29, 1.82) is 0 Å². The summed E-state index contributed by atoms with van der Waals surface area (Å²) in [5, 5.41) is 3.59. The molecule has 0 spiro atoms. The van der Waals surface area contributed by atoms with Crippen molar-refractivity contribution >= 4 is 0 Å². The number of aromatic nitrogens is 1. The molecule has 2 atom stereocenters. The molecule has 2 heteroatoms. The van der Waals surface area contributed by atoms with Crippen LogP contribution in [0.4, 0.5) is 0 Å². The molecule has 2 N–H and O–H groups in total. The van der Waals surface area contributed by atoms with Crippen molar-refractivity contribution in [3.8, 4) is 0 Å². The molecule has 0 amide bonds. The van der Waals surface area contributed by atoms with E-state index in [1.54, 1.807) is 0 Å². The lowest BCUT2D eigenvalue weighted by molar-refractivity contribution is 0.387. The Bertz CT molecular complexity index is 480. The Labute approximate surface area is 151 Å². The first kappa shape index (κ1) is 21.3. The maximum Gasteiger partial charge on any atom is 0.0207 e. The van der Waals surface area contributed by atoms with E-state index in [9.17, 15) is 0 Å². The molecule has 1 aliphatic heterocycles. The van der Waals surface area contributed by atoms with Gasteiger partial charge < -0.3 is 10.3 Å². The Kier molecular flexibility index (Phi) is 8.05. The minimum atomic E-state index is 0.603. The number of hydrogen-bond donors (Lipinski definition) is 2. The number of nitrogens with one attached hydrogen (secondary N) is 2. The molecule has 0 aliphatic carbocycles. The van der Waals surface area contributed by atoms with E-state index in [0.29, 0.717) is 11.8 Å². The van der Waals surface area contributed by atoms with Crippen molar-refractivity contribution in [2.45, 2.75) is 93.5 Å². The minimum absolute atomic E-state index is 0.603. The van der Waals surface area contributed by atoms with Crippen LogP contribution in [0.1, 0.15) is 96.2 Å². The highest BCUT2D eigenvalue weighted by molar-refractivity contribution is 5.38. The fourth-order valence-corrected chi connectivity index (χ4v) is 4.04. The molecule has 2 nitrogen and oxygen atoms in total. The summed E-state index contributed by atoms with van der Waals surface area (Å²) < 4.78 is 0. The largest absolute Gasteiger partial charge is 0.362 e. The molecule has 2 heterocycles. The van der Waals surface area contributed by atoms with Crippen molar-refractivity contribution in [1.82, 2.24) is 10.3 Å². The molecule has 0 saturated carbocycles. The highest BCUT2D eigenvalue weighted by Gasteiger charge is 2.27. The van der Waals surface area contributed by atoms with Gasteiger partial charge in [0.15, 0.2) is 0 Å². The zero-order chi connectivity index (χ0) is 18.6. The number of aromatic amines is 1. The minimum Gasteiger partial charge on any atom is -0.362 e. The molecule has 2 rings (SSSR count). The Balaban J connectivity index is 0.000000243. The van der Waals surface area contributed by atoms with Crippen molar-refractivity contribution in [3.63, 3.8) is 0 Å². The number of H-pyrrole nitrogens is 1. The molecule has 1 saturated heterocycles. The SMILES string of the molecule is CC(C)C1CNC(C(C)C)C1.Cc1[nH]c(C(C)C)c(C)c1C(C)C. The Hall–Kier alpha value is -0.760. The molecule has 0 aromatic carbocycles. The van der Waals surface area contributed by atoms with E-state index < -0.39 is 0 Å². The number of hydrogen-bond acceptors (Lipinski definition) is 1. The van der Waals surface area contributed by atoms with Gasteiger partial charge in [-0.25, -0.2) is 0 Å². The topological polar surface area (TPSA) is 27.8 Å². The van der Waals surface area contributed by atoms with Crippen LogP contribution in [-0.2, 0) is 0 Å². The summed E-state index contributed by atoms with van der Waals surface area (Å²) in [6.45, 7) is 23.9. The molecule has 1 aliphatic rings. The monoisotopic (exact) mass is 334 g/mol. The van der Waals surface area contributed by atoms with Crippen LogP contribution in [0.5, 0.6) is 0 Å². The van der Waals surface area contributed by atoms with Gasteiger partial charge in [0.05, 0.1) is 0 Å². The normalized spacial score (nSPS) is 21.1. The first-order valence-electron chi connectivity index (χ1n) is 9.98. The van der Waals surface area contributed by atoms with E-state index in [1.165, 1.54) is 35.5 Å². The van der Waals surface area contributed by atoms with Gasteiger partial charge in [-0.2, -0.15) is 0 Å². The molecular weight excluding hydrogens is 292 g/mol. The van der Waals surface area contributed by atoms with E-state index in [-0.39, 0.29) is 0 Å². The van der Waals surface area contributed by atoms with Crippen molar-refractivity contribution in [2.24, 2.45) is 17.8 Å². The van der Waals surface area contributed by atoms with E-state index in [2.05, 4.69) is 79.5 Å². The molecular formula is C22H42N2. The van der Waals surface area contributed by atoms with Gasteiger partial charge >= 0.3 is 0 Å². The second kappa shape index (κ2) is 9.08. The first-order chi connectivity index (χ1) is 11.1. The van der Waals surface area contributed by atoms with Gasteiger partial charge in [0, 0.05) is 17.4 Å². The number of aryl methyl sites for hydroxylation is 1. The van der Waals surface area contributed by atoms with Crippen LogP contribution in [0.3, 0.4) is 0 Å². The predicted molar refractivity (Wildman–Crippen MR) is 108 cm³/mol. The van der Waals surface area contributed by atoms with Crippen molar-refractivity contribution in [2.75, 3.05) is 6.54 Å². The third kappa shape index (κ3) is 5.37. The molecule has 1 aromatic rings. The Morgan fingerprint density at radius 3 is 1.67 bits per heavy atom. The smallest absolute Gasteiger partial charge is 0.0207 e. The van der Waals surface area contributed by atoms with E-state index in [0.717, 1.165) is 23.8 Å². The second-order valence-electron chi connectivity index (χ2n) is 9.01. The molecule has 140 valence electrons. The highest BCUT2D eigenvalue weighted by atomic mass is 15.0. The van der Waals surface area contributed by atoms with Crippen LogP contribution in [-0.4, -0.2) is 17.6 Å². The fourth-order valence-electron chi connectivity index (χ4n) is 4.04.